The van der Waals surface area contributed by atoms with Crippen molar-refractivity contribution < 1.29 is 0 Å². The van der Waals surface area contributed by atoms with Crippen LogP contribution < -0.4 is 11.5 Å². The molecule has 0 aliphatic carbocycles. The number of anilines is 1. The van der Waals surface area contributed by atoms with Crippen molar-refractivity contribution in [2.75, 3.05) is 5.73 Å². The van der Waals surface area contributed by atoms with Gasteiger partial charge in [0.1, 0.15) is 0 Å². The van der Waals surface area contributed by atoms with Gasteiger partial charge in [0.15, 0.2) is 0 Å². The van der Waals surface area contributed by atoms with Gasteiger partial charge in [-0.1, -0.05) is 6.07 Å². The number of benzene rings is 1. The molecule has 80 valence electrons. The van der Waals surface area contributed by atoms with Gasteiger partial charge in [0.25, 0.3) is 0 Å². The SMILES string of the molecule is CC(C)(N)Cc1c[nH]c2cccc(N)c12. The van der Waals surface area contributed by atoms with Crippen LogP contribution in [-0.2, 0) is 6.42 Å². The van der Waals surface area contributed by atoms with Crippen molar-refractivity contribution in [2.24, 2.45) is 5.73 Å². The maximum atomic E-state index is 6.01. The highest BCUT2D eigenvalue weighted by atomic mass is 14.7. The predicted molar refractivity (Wildman–Crippen MR) is 64.7 cm³/mol. The van der Waals surface area contributed by atoms with Gasteiger partial charge in [0.05, 0.1) is 0 Å². The Hall–Kier alpha value is -1.48. The van der Waals surface area contributed by atoms with Crippen LogP contribution in [0.1, 0.15) is 19.4 Å². The molecule has 0 saturated carbocycles. The van der Waals surface area contributed by atoms with E-state index in [-0.39, 0.29) is 5.54 Å². The number of rotatable bonds is 2. The van der Waals surface area contributed by atoms with Crippen molar-refractivity contribution in [3.8, 4) is 0 Å². The van der Waals surface area contributed by atoms with Gasteiger partial charge in [0.2, 0.25) is 0 Å². The Morgan fingerprint density at radius 3 is 2.73 bits per heavy atom. The van der Waals surface area contributed by atoms with Crippen LogP contribution in [-0.4, -0.2) is 10.5 Å². The summed E-state index contributed by atoms with van der Waals surface area (Å²) in [5.74, 6) is 0. The van der Waals surface area contributed by atoms with Crippen LogP contribution in [0.2, 0.25) is 0 Å². The molecule has 1 aromatic carbocycles. The van der Waals surface area contributed by atoms with Gasteiger partial charge < -0.3 is 16.5 Å². The third-order valence-electron chi connectivity index (χ3n) is 2.47. The third-order valence-corrected chi connectivity index (χ3v) is 2.47. The number of aromatic amines is 1. The zero-order valence-corrected chi connectivity index (χ0v) is 9.17. The van der Waals surface area contributed by atoms with Gasteiger partial charge in [-0.2, -0.15) is 0 Å². The summed E-state index contributed by atoms with van der Waals surface area (Å²) in [6, 6.07) is 5.90. The highest BCUT2D eigenvalue weighted by molar-refractivity contribution is 5.93. The highest BCUT2D eigenvalue weighted by Gasteiger charge is 2.15. The fourth-order valence-corrected chi connectivity index (χ4v) is 1.92. The van der Waals surface area contributed by atoms with E-state index < -0.39 is 0 Å². The monoisotopic (exact) mass is 203 g/mol. The van der Waals surface area contributed by atoms with Gasteiger partial charge in [0, 0.05) is 28.3 Å². The molecule has 0 fully saturated rings. The summed E-state index contributed by atoms with van der Waals surface area (Å²) < 4.78 is 0. The number of hydrogen-bond acceptors (Lipinski definition) is 2. The first kappa shape index (κ1) is 10.1. The summed E-state index contributed by atoms with van der Waals surface area (Å²) in [5.41, 5.74) is 14.8. The van der Waals surface area contributed by atoms with Gasteiger partial charge in [-0.3, -0.25) is 0 Å². The Bertz CT molecular complexity index is 477. The molecule has 0 radical (unpaired) electrons. The Morgan fingerprint density at radius 2 is 2.07 bits per heavy atom. The quantitative estimate of drug-likeness (QED) is 0.654. The van der Waals surface area contributed by atoms with Crippen LogP contribution in [0.25, 0.3) is 10.9 Å². The molecule has 3 nitrogen and oxygen atoms in total. The van der Waals surface area contributed by atoms with Crippen LogP contribution in [0.3, 0.4) is 0 Å². The molecule has 0 atom stereocenters. The lowest BCUT2D eigenvalue weighted by Crippen LogP contribution is -2.34. The van der Waals surface area contributed by atoms with Crippen molar-refractivity contribution in [1.29, 1.82) is 0 Å². The molecule has 0 bridgehead atoms. The first-order valence-electron chi connectivity index (χ1n) is 5.11. The Balaban J connectivity index is 2.53. The molecule has 0 amide bonds. The number of H-pyrrole nitrogens is 1. The topological polar surface area (TPSA) is 67.8 Å². The Morgan fingerprint density at radius 1 is 1.33 bits per heavy atom. The van der Waals surface area contributed by atoms with E-state index in [1.54, 1.807) is 0 Å². The molecule has 0 spiro atoms. The van der Waals surface area contributed by atoms with E-state index in [0.29, 0.717) is 0 Å². The molecule has 2 aromatic rings. The number of nitrogens with one attached hydrogen (secondary N) is 1. The number of hydrogen-bond donors (Lipinski definition) is 3. The van der Waals surface area contributed by atoms with Gasteiger partial charge in [-0.05, 0) is 38.0 Å². The molecule has 5 N–H and O–H groups in total. The summed E-state index contributed by atoms with van der Waals surface area (Å²) in [6.45, 7) is 4.04. The standard InChI is InChI=1S/C12H17N3/c1-12(2,14)6-8-7-15-10-5-3-4-9(13)11(8)10/h3-5,7,15H,6,13-14H2,1-2H3. The number of nitrogens with two attached hydrogens (primary N) is 2. The number of nitrogen functional groups attached to an aromatic ring is 1. The Kier molecular flexibility index (Phi) is 2.20. The second-order valence-electron chi connectivity index (χ2n) is 4.75. The van der Waals surface area contributed by atoms with Crippen LogP contribution in [0.15, 0.2) is 24.4 Å². The summed E-state index contributed by atoms with van der Waals surface area (Å²) >= 11 is 0. The smallest absolute Gasteiger partial charge is 0.0477 e. The fourth-order valence-electron chi connectivity index (χ4n) is 1.92. The predicted octanol–water partition coefficient (Wildman–Crippen LogP) is 2.03. The molecule has 15 heavy (non-hydrogen) atoms. The number of aromatic nitrogens is 1. The molecule has 3 heteroatoms. The highest BCUT2D eigenvalue weighted by Crippen LogP contribution is 2.26. The van der Waals surface area contributed by atoms with E-state index >= 15 is 0 Å². The molecule has 2 rings (SSSR count). The second kappa shape index (κ2) is 3.28. The molecule has 1 aromatic heterocycles. The molecular formula is C12H17N3. The lowest BCUT2D eigenvalue weighted by atomic mass is 9.95. The van der Waals surface area contributed by atoms with E-state index in [1.807, 2.05) is 38.2 Å². The first-order valence-corrected chi connectivity index (χ1v) is 5.11. The molecule has 1 heterocycles. The van der Waals surface area contributed by atoms with Crippen LogP contribution in [0, 0.1) is 0 Å². The largest absolute Gasteiger partial charge is 0.398 e. The van der Waals surface area contributed by atoms with E-state index in [9.17, 15) is 0 Å². The zero-order valence-electron chi connectivity index (χ0n) is 9.17. The van der Waals surface area contributed by atoms with Crippen LogP contribution >= 0.6 is 0 Å². The number of fused-ring (bicyclic) bond motifs is 1. The van der Waals surface area contributed by atoms with E-state index in [1.165, 1.54) is 5.56 Å². The molecular weight excluding hydrogens is 186 g/mol. The summed E-state index contributed by atoms with van der Waals surface area (Å²) in [6.07, 6.45) is 2.82. The minimum absolute atomic E-state index is 0.211. The average molecular weight is 203 g/mol. The normalized spacial score (nSPS) is 12.2. The summed E-state index contributed by atoms with van der Waals surface area (Å²) in [5, 5.41) is 1.11. The van der Waals surface area contributed by atoms with Gasteiger partial charge in [-0.15, -0.1) is 0 Å². The van der Waals surface area contributed by atoms with Crippen molar-refractivity contribution in [3.05, 3.63) is 30.0 Å². The van der Waals surface area contributed by atoms with E-state index in [4.69, 9.17) is 11.5 Å². The van der Waals surface area contributed by atoms with Crippen molar-refractivity contribution in [3.63, 3.8) is 0 Å². The van der Waals surface area contributed by atoms with Crippen molar-refractivity contribution >= 4 is 16.6 Å². The van der Waals surface area contributed by atoms with Gasteiger partial charge in [-0.25, -0.2) is 0 Å². The third kappa shape index (κ3) is 1.97. The molecule has 0 unspecified atom stereocenters. The van der Waals surface area contributed by atoms with E-state index in [2.05, 4.69) is 4.98 Å². The minimum Gasteiger partial charge on any atom is -0.398 e. The average Bonchev–Trinajstić information content (AvgIpc) is 2.47. The van der Waals surface area contributed by atoms with Crippen LogP contribution in [0.5, 0.6) is 0 Å². The Labute approximate surface area is 89.5 Å². The second-order valence-corrected chi connectivity index (χ2v) is 4.75. The maximum absolute atomic E-state index is 6.01. The molecule has 0 saturated heterocycles. The maximum Gasteiger partial charge on any atom is 0.0477 e. The summed E-state index contributed by atoms with van der Waals surface area (Å²) in [4.78, 5) is 3.22. The fraction of sp³-hybridized carbons (Fsp3) is 0.333. The minimum atomic E-state index is -0.211. The lowest BCUT2D eigenvalue weighted by Gasteiger charge is -2.17. The van der Waals surface area contributed by atoms with Crippen molar-refractivity contribution in [1.82, 2.24) is 4.98 Å². The van der Waals surface area contributed by atoms with Gasteiger partial charge >= 0.3 is 0 Å². The first-order chi connectivity index (χ1) is 6.97. The zero-order chi connectivity index (χ0) is 11.1. The summed E-state index contributed by atoms with van der Waals surface area (Å²) in [7, 11) is 0. The van der Waals surface area contributed by atoms with E-state index in [0.717, 1.165) is 23.0 Å². The lowest BCUT2D eigenvalue weighted by molar-refractivity contribution is 0.518. The van der Waals surface area contributed by atoms with Crippen molar-refractivity contribution in [2.45, 2.75) is 25.8 Å². The molecule has 0 aliphatic heterocycles. The molecule has 0 aliphatic rings. The van der Waals surface area contributed by atoms with Crippen LogP contribution in [0.4, 0.5) is 5.69 Å².